The second-order valence-electron chi connectivity index (χ2n) is 1.32. The van der Waals surface area contributed by atoms with E-state index in [1.54, 1.807) is 0 Å². The summed E-state index contributed by atoms with van der Waals surface area (Å²) in [7, 11) is -9.22. The van der Waals surface area contributed by atoms with Crippen molar-refractivity contribution >= 4 is 17.9 Å². The first-order chi connectivity index (χ1) is 4.31. The molecule has 0 aromatic rings. The molecule has 0 saturated carbocycles. The van der Waals surface area contributed by atoms with Crippen LogP contribution in [0.4, 0.5) is 0 Å². The third-order valence-corrected chi connectivity index (χ3v) is 3.87. The van der Waals surface area contributed by atoms with Gasteiger partial charge in [0.2, 0.25) is 0 Å². The van der Waals surface area contributed by atoms with Crippen molar-refractivity contribution < 1.29 is 16.8 Å². The maximum absolute atomic E-state index is 10.3. The average molecular weight is 183 g/mol. The summed E-state index contributed by atoms with van der Waals surface area (Å²) in [5.41, 5.74) is 0. The molecule has 0 spiro atoms. The van der Waals surface area contributed by atoms with Crippen molar-refractivity contribution in [1.82, 2.24) is 5.14 Å². The van der Waals surface area contributed by atoms with Gasteiger partial charge in [-0.25, -0.2) is 8.42 Å². The van der Waals surface area contributed by atoms with Gasteiger partial charge in [-0.3, -0.25) is 0 Å². The SMILES string of the molecule is C=C[CH]S(=O)(=O)S([NH])(=O)=O. The minimum atomic E-state index is -4.77. The van der Waals surface area contributed by atoms with Gasteiger partial charge in [0.25, 0.3) is 8.87 Å². The third-order valence-electron chi connectivity index (χ3n) is 0.569. The molecule has 0 aliphatic rings. The number of rotatable bonds is 3. The highest BCUT2D eigenvalue weighted by Crippen LogP contribution is 2.02. The molecule has 0 aliphatic carbocycles. The van der Waals surface area contributed by atoms with Gasteiger partial charge >= 0.3 is 9.06 Å². The van der Waals surface area contributed by atoms with Crippen molar-refractivity contribution in [3.63, 3.8) is 0 Å². The Morgan fingerprint density at radius 3 is 1.70 bits per heavy atom. The highest BCUT2D eigenvalue weighted by Gasteiger charge is 2.24. The van der Waals surface area contributed by atoms with Crippen molar-refractivity contribution in [2.24, 2.45) is 0 Å². The van der Waals surface area contributed by atoms with E-state index in [-0.39, 0.29) is 0 Å². The zero-order chi connectivity index (χ0) is 8.41. The highest BCUT2D eigenvalue weighted by molar-refractivity contribution is 8.67. The van der Waals surface area contributed by atoms with Crippen LogP contribution >= 0.6 is 0 Å². The molecule has 58 valence electrons. The lowest BCUT2D eigenvalue weighted by molar-refractivity contribution is 0.586. The maximum atomic E-state index is 10.3. The molecule has 7 heteroatoms. The van der Waals surface area contributed by atoms with Crippen LogP contribution in [0, 0.1) is 5.75 Å². The zero-order valence-electron chi connectivity index (χ0n) is 4.81. The predicted molar refractivity (Wildman–Crippen MR) is 35.4 cm³/mol. The summed E-state index contributed by atoms with van der Waals surface area (Å²) in [5, 5.41) is 6.14. The van der Waals surface area contributed by atoms with Gasteiger partial charge in [-0.2, -0.15) is 8.42 Å². The van der Waals surface area contributed by atoms with E-state index >= 15 is 0 Å². The molecular weight excluding hydrogens is 178 g/mol. The van der Waals surface area contributed by atoms with Gasteiger partial charge in [0.05, 0.1) is 0 Å². The van der Waals surface area contributed by atoms with Crippen LogP contribution in [-0.4, -0.2) is 16.8 Å². The molecule has 0 aliphatic heterocycles. The first-order valence-corrected chi connectivity index (χ1v) is 5.56. The van der Waals surface area contributed by atoms with E-state index in [1.807, 2.05) is 0 Å². The summed E-state index contributed by atoms with van der Waals surface area (Å²) in [6.07, 6.45) is 0.793. The molecule has 0 saturated heterocycles. The summed E-state index contributed by atoms with van der Waals surface area (Å²) < 4.78 is 40.8. The molecule has 2 radical (unpaired) electrons. The van der Waals surface area contributed by atoms with Crippen molar-refractivity contribution in [1.29, 1.82) is 0 Å². The second-order valence-corrected chi connectivity index (χ2v) is 6.20. The highest BCUT2D eigenvalue weighted by atomic mass is 33.2. The van der Waals surface area contributed by atoms with Crippen LogP contribution in [0.1, 0.15) is 0 Å². The van der Waals surface area contributed by atoms with Gasteiger partial charge < -0.3 is 0 Å². The summed E-state index contributed by atoms with van der Waals surface area (Å²) in [6.45, 7) is 2.98. The molecular formula is C3H5NO4S2. The van der Waals surface area contributed by atoms with E-state index in [4.69, 9.17) is 5.14 Å². The molecule has 0 unspecified atom stereocenters. The summed E-state index contributed by atoms with van der Waals surface area (Å²) in [6, 6.07) is 0. The molecule has 0 fully saturated rings. The largest absolute Gasteiger partial charge is 0.331 e. The van der Waals surface area contributed by atoms with Crippen molar-refractivity contribution in [2.45, 2.75) is 0 Å². The molecule has 0 bridgehead atoms. The monoisotopic (exact) mass is 183 g/mol. The lowest BCUT2D eigenvalue weighted by Crippen LogP contribution is -2.14. The molecule has 1 N–H and O–H groups in total. The van der Waals surface area contributed by atoms with Crippen LogP contribution < -0.4 is 5.14 Å². The fourth-order valence-corrected chi connectivity index (χ4v) is 1.25. The van der Waals surface area contributed by atoms with Gasteiger partial charge in [0.15, 0.2) is 0 Å². The van der Waals surface area contributed by atoms with Crippen LogP contribution in [0.2, 0.25) is 0 Å². The fraction of sp³-hybridized carbons (Fsp3) is 0. The molecule has 0 atom stereocenters. The van der Waals surface area contributed by atoms with E-state index < -0.39 is 17.9 Å². The molecule has 0 aromatic carbocycles. The molecule has 5 nitrogen and oxygen atoms in total. The Morgan fingerprint density at radius 2 is 1.60 bits per heavy atom. The van der Waals surface area contributed by atoms with E-state index in [9.17, 15) is 16.8 Å². The first-order valence-electron chi connectivity index (χ1n) is 2.01. The zero-order valence-corrected chi connectivity index (χ0v) is 6.44. The minimum Gasteiger partial charge on any atom is -0.211 e. The second kappa shape index (κ2) is 2.69. The number of nitrogens with one attached hydrogen (secondary N) is 1. The lowest BCUT2D eigenvalue weighted by Gasteiger charge is -1.92. The smallest absolute Gasteiger partial charge is 0.211 e. The van der Waals surface area contributed by atoms with Crippen molar-refractivity contribution in [3.8, 4) is 0 Å². The molecule has 0 heterocycles. The Labute approximate surface area is 58.9 Å². The molecule has 0 amide bonds. The quantitative estimate of drug-likeness (QED) is 0.539. The van der Waals surface area contributed by atoms with E-state index in [0.29, 0.717) is 5.75 Å². The Bertz CT molecular complexity index is 310. The van der Waals surface area contributed by atoms with Gasteiger partial charge in [-0.15, -0.1) is 11.7 Å². The normalized spacial score (nSPS) is 12.9. The molecule has 10 heavy (non-hydrogen) atoms. The Morgan fingerprint density at radius 1 is 1.20 bits per heavy atom. The van der Waals surface area contributed by atoms with E-state index in [0.717, 1.165) is 6.08 Å². The molecule has 0 rings (SSSR count). The number of hydrogen-bond acceptors (Lipinski definition) is 4. The topological polar surface area (TPSA) is 92.1 Å². The Balaban J connectivity index is 4.98. The third kappa shape index (κ3) is 2.09. The Hall–Kier alpha value is -0.400. The fourth-order valence-electron chi connectivity index (χ4n) is 0.191. The van der Waals surface area contributed by atoms with E-state index in [2.05, 4.69) is 6.58 Å². The van der Waals surface area contributed by atoms with Gasteiger partial charge in [-0.1, -0.05) is 6.08 Å². The van der Waals surface area contributed by atoms with Gasteiger partial charge in [0.1, 0.15) is 5.75 Å². The maximum Gasteiger partial charge on any atom is 0.331 e. The van der Waals surface area contributed by atoms with E-state index in [1.165, 1.54) is 0 Å². The van der Waals surface area contributed by atoms with Crippen LogP contribution in [0.5, 0.6) is 0 Å². The molecule has 0 aromatic heterocycles. The Kier molecular flexibility index (Phi) is 2.58. The lowest BCUT2D eigenvalue weighted by atomic mass is 10.8. The first kappa shape index (κ1) is 9.60. The van der Waals surface area contributed by atoms with Crippen LogP contribution in [0.25, 0.3) is 0 Å². The van der Waals surface area contributed by atoms with Crippen LogP contribution in [0.3, 0.4) is 0 Å². The average Bonchev–Trinajstić information content (AvgIpc) is 1.61. The van der Waals surface area contributed by atoms with Crippen molar-refractivity contribution in [2.75, 3.05) is 0 Å². The summed E-state index contributed by atoms with van der Waals surface area (Å²) in [5.74, 6) is 0.356. The van der Waals surface area contributed by atoms with Crippen LogP contribution in [-0.2, 0) is 17.9 Å². The summed E-state index contributed by atoms with van der Waals surface area (Å²) >= 11 is 0. The number of hydrogen-bond donors (Lipinski definition) is 0. The minimum absolute atomic E-state index is 0.356. The standard InChI is InChI=1S/C3H5NO4S2/c1-2-3-9(5,6)10(4,7)8/h2-4H,1H2. The van der Waals surface area contributed by atoms with Crippen molar-refractivity contribution in [3.05, 3.63) is 18.4 Å². The van der Waals surface area contributed by atoms with Gasteiger partial charge in [-0.05, 0) is 0 Å². The van der Waals surface area contributed by atoms with Gasteiger partial charge in [0, 0.05) is 0 Å². The van der Waals surface area contributed by atoms with Crippen LogP contribution in [0.15, 0.2) is 12.7 Å². The predicted octanol–water partition coefficient (Wildman–Crippen LogP) is -0.723. The summed E-state index contributed by atoms with van der Waals surface area (Å²) in [4.78, 5) is 0.